The van der Waals surface area contributed by atoms with Gasteiger partial charge >= 0.3 is 0 Å². The first-order chi connectivity index (χ1) is 15.7. The Morgan fingerprint density at radius 2 is 1.18 bits per heavy atom. The SMILES string of the molecule is [B]c1c(O)c(O)c2c3c(Br)c(O)c([B])c(O)c3n(-c3cccc(-c4ccccc4)c3)c2c1O. The number of phenolic OH excluding ortho intramolecular Hbond substituents is 5. The van der Waals surface area contributed by atoms with E-state index in [9.17, 15) is 25.5 Å². The van der Waals surface area contributed by atoms with Crippen molar-refractivity contribution in [1.29, 1.82) is 0 Å². The van der Waals surface area contributed by atoms with Gasteiger partial charge in [-0.15, -0.1) is 0 Å². The molecule has 0 bridgehead atoms. The van der Waals surface area contributed by atoms with Crippen LogP contribution < -0.4 is 10.9 Å². The van der Waals surface area contributed by atoms with Gasteiger partial charge in [0.05, 0.1) is 20.9 Å². The minimum Gasteiger partial charge on any atom is -0.507 e. The first kappa shape index (κ1) is 21.2. The molecule has 5 rings (SSSR count). The van der Waals surface area contributed by atoms with Crippen molar-refractivity contribution in [3.05, 3.63) is 59.1 Å². The molecular weight excluding hydrogens is 484 g/mol. The lowest BCUT2D eigenvalue weighted by atomic mass is 9.90. The highest BCUT2D eigenvalue weighted by molar-refractivity contribution is 9.10. The van der Waals surface area contributed by atoms with Crippen LogP contribution >= 0.6 is 15.9 Å². The van der Waals surface area contributed by atoms with Gasteiger partial charge in [-0.05, 0) is 50.1 Å². The van der Waals surface area contributed by atoms with Gasteiger partial charge in [0.1, 0.15) is 32.9 Å². The van der Waals surface area contributed by atoms with E-state index in [0.717, 1.165) is 11.1 Å². The standard InChI is InChI=1S/C24H14B2BrNO5/c25-15-21(30)17(27)13-14-19(23(32)16(26)24(33)20(14)29)28(18(13)22(15)31)12-8-4-7-11(9-12)10-5-2-1-3-6-10/h1-9,29-33H. The monoisotopic (exact) mass is 497 g/mol. The second-order valence-electron chi connectivity index (χ2n) is 7.58. The fourth-order valence-corrected chi connectivity index (χ4v) is 4.74. The highest BCUT2D eigenvalue weighted by Gasteiger charge is 2.29. The average Bonchev–Trinajstić information content (AvgIpc) is 3.20. The van der Waals surface area contributed by atoms with E-state index in [1.54, 1.807) is 12.1 Å². The molecule has 0 atom stereocenters. The molecule has 4 radical (unpaired) electrons. The molecule has 1 aromatic heterocycles. The van der Waals surface area contributed by atoms with Gasteiger partial charge in [0, 0.05) is 11.1 Å². The van der Waals surface area contributed by atoms with Crippen LogP contribution in [0.4, 0.5) is 0 Å². The van der Waals surface area contributed by atoms with E-state index < -0.39 is 34.2 Å². The van der Waals surface area contributed by atoms with Crippen LogP contribution in [-0.4, -0.2) is 45.8 Å². The minimum absolute atomic E-state index is 0.0176. The molecule has 0 aliphatic heterocycles. The summed E-state index contributed by atoms with van der Waals surface area (Å²) in [4.78, 5) is 0. The van der Waals surface area contributed by atoms with Gasteiger partial charge < -0.3 is 30.1 Å². The van der Waals surface area contributed by atoms with E-state index >= 15 is 0 Å². The largest absolute Gasteiger partial charge is 0.507 e. The first-order valence-electron chi connectivity index (χ1n) is 9.79. The van der Waals surface area contributed by atoms with Crippen molar-refractivity contribution in [2.45, 2.75) is 0 Å². The number of aromatic nitrogens is 1. The fraction of sp³-hybridized carbons (Fsp3) is 0. The number of hydrogen-bond donors (Lipinski definition) is 5. The van der Waals surface area contributed by atoms with Crippen molar-refractivity contribution in [1.82, 2.24) is 4.57 Å². The highest BCUT2D eigenvalue weighted by atomic mass is 79.9. The Morgan fingerprint density at radius 3 is 1.85 bits per heavy atom. The lowest BCUT2D eigenvalue weighted by Crippen LogP contribution is -2.07. The molecule has 5 aromatic rings. The maximum atomic E-state index is 10.9. The summed E-state index contributed by atoms with van der Waals surface area (Å²) in [7, 11) is 11.8. The summed E-state index contributed by atoms with van der Waals surface area (Å²) in [5, 5.41) is 53.4. The van der Waals surface area contributed by atoms with E-state index in [4.69, 9.17) is 15.7 Å². The zero-order valence-corrected chi connectivity index (χ0v) is 18.5. The molecule has 9 heteroatoms. The van der Waals surface area contributed by atoms with Crippen LogP contribution in [0.15, 0.2) is 59.1 Å². The number of aromatic hydroxyl groups is 5. The summed E-state index contributed by atoms with van der Waals surface area (Å²) >= 11 is 3.27. The Hall–Kier alpha value is -3.71. The Balaban J connectivity index is 2.02. The van der Waals surface area contributed by atoms with Gasteiger partial charge in [0.15, 0.2) is 11.5 Å². The van der Waals surface area contributed by atoms with Crippen LogP contribution in [0.5, 0.6) is 28.7 Å². The maximum Gasteiger partial charge on any atom is 0.167 e. The summed E-state index contributed by atoms with van der Waals surface area (Å²) in [5.74, 6) is -2.77. The lowest BCUT2D eigenvalue weighted by molar-refractivity contribution is 0.406. The Kier molecular flexibility index (Phi) is 4.76. The molecule has 0 spiro atoms. The average molecular weight is 498 g/mol. The zero-order chi connectivity index (χ0) is 23.6. The van der Waals surface area contributed by atoms with Gasteiger partial charge in [0.2, 0.25) is 0 Å². The van der Waals surface area contributed by atoms with Crippen LogP contribution in [-0.2, 0) is 0 Å². The second kappa shape index (κ2) is 7.42. The molecule has 158 valence electrons. The second-order valence-corrected chi connectivity index (χ2v) is 8.38. The van der Waals surface area contributed by atoms with Crippen molar-refractivity contribution in [2.24, 2.45) is 0 Å². The third-order valence-corrected chi connectivity index (χ3v) is 6.51. The minimum atomic E-state index is -0.722. The molecule has 0 saturated carbocycles. The molecule has 1 heterocycles. The molecule has 6 nitrogen and oxygen atoms in total. The van der Waals surface area contributed by atoms with E-state index in [0.29, 0.717) is 5.69 Å². The molecular formula is C24H14B2BrNO5. The number of hydrogen-bond acceptors (Lipinski definition) is 5. The molecule has 4 aromatic carbocycles. The van der Waals surface area contributed by atoms with Gasteiger partial charge in [-0.3, -0.25) is 0 Å². The predicted molar refractivity (Wildman–Crippen MR) is 133 cm³/mol. The highest BCUT2D eigenvalue weighted by Crippen LogP contribution is 2.50. The summed E-state index contributed by atoms with van der Waals surface area (Å²) in [5.41, 5.74) is 1.67. The molecule has 0 saturated heterocycles. The number of phenols is 5. The van der Waals surface area contributed by atoms with Crippen LogP contribution in [0.3, 0.4) is 0 Å². The van der Waals surface area contributed by atoms with Crippen molar-refractivity contribution >= 4 is 64.4 Å². The fourth-order valence-electron chi connectivity index (χ4n) is 4.14. The quantitative estimate of drug-likeness (QED) is 0.146. The molecule has 0 unspecified atom stereocenters. The molecule has 0 aliphatic rings. The smallest absolute Gasteiger partial charge is 0.167 e. The molecule has 0 aliphatic carbocycles. The van der Waals surface area contributed by atoms with Gasteiger partial charge in [-0.25, -0.2) is 0 Å². The number of benzene rings is 4. The van der Waals surface area contributed by atoms with Crippen LogP contribution in [0.25, 0.3) is 38.6 Å². The van der Waals surface area contributed by atoms with Crippen molar-refractivity contribution in [3.8, 4) is 45.6 Å². The summed E-state index contributed by atoms with van der Waals surface area (Å²) in [6, 6.07) is 16.9. The van der Waals surface area contributed by atoms with Gasteiger partial charge in [0.25, 0.3) is 0 Å². The van der Waals surface area contributed by atoms with Crippen LogP contribution in [0.2, 0.25) is 0 Å². The van der Waals surface area contributed by atoms with E-state index in [1.165, 1.54) is 4.57 Å². The van der Waals surface area contributed by atoms with Gasteiger partial charge in [-0.2, -0.15) is 0 Å². The van der Waals surface area contributed by atoms with Crippen LogP contribution in [0, 0.1) is 0 Å². The topological polar surface area (TPSA) is 106 Å². The number of fused-ring (bicyclic) bond motifs is 3. The molecule has 0 fully saturated rings. The van der Waals surface area contributed by atoms with Crippen molar-refractivity contribution < 1.29 is 25.5 Å². The first-order valence-corrected chi connectivity index (χ1v) is 10.6. The van der Waals surface area contributed by atoms with Crippen molar-refractivity contribution in [2.75, 3.05) is 0 Å². The van der Waals surface area contributed by atoms with E-state index in [2.05, 4.69) is 15.9 Å². The van der Waals surface area contributed by atoms with Gasteiger partial charge in [-0.1, -0.05) is 42.5 Å². The number of nitrogens with zero attached hydrogens (tertiary/aromatic N) is 1. The summed E-state index contributed by atoms with van der Waals surface area (Å²) in [6.45, 7) is 0. The molecule has 5 N–H and O–H groups in total. The third kappa shape index (κ3) is 2.89. The van der Waals surface area contributed by atoms with E-state index in [1.807, 2.05) is 42.5 Å². The lowest BCUT2D eigenvalue weighted by Gasteiger charge is -2.14. The number of rotatable bonds is 2. The van der Waals surface area contributed by atoms with E-state index in [-0.39, 0.29) is 31.7 Å². The Bertz CT molecular complexity index is 1520. The normalized spacial score (nSPS) is 11.4. The molecule has 33 heavy (non-hydrogen) atoms. The number of halogens is 1. The summed E-state index contributed by atoms with van der Waals surface area (Å²) < 4.78 is 1.53. The third-order valence-electron chi connectivity index (χ3n) is 5.74. The maximum absolute atomic E-state index is 10.9. The Labute approximate surface area is 198 Å². The Morgan fingerprint density at radius 1 is 0.606 bits per heavy atom. The molecule has 0 amide bonds. The summed E-state index contributed by atoms with van der Waals surface area (Å²) in [6.07, 6.45) is 0. The zero-order valence-electron chi connectivity index (χ0n) is 16.9. The van der Waals surface area contributed by atoms with Crippen molar-refractivity contribution in [3.63, 3.8) is 0 Å². The van der Waals surface area contributed by atoms with Crippen LogP contribution in [0.1, 0.15) is 0 Å². The predicted octanol–water partition coefficient (Wildman–Crippen LogP) is 3.33.